The molecule has 1 fully saturated rings. The second-order valence-electron chi connectivity index (χ2n) is 5.02. The Kier molecular flexibility index (Phi) is 3.81. The zero-order valence-corrected chi connectivity index (χ0v) is 12.7. The fourth-order valence-electron chi connectivity index (χ4n) is 2.75. The highest BCUT2D eigenvalue weighted by Gasteiger charge is 2.45. The highest BCUT2D eigenvalue weighted by atomic mass is 16.7. The lowest BCUT2D eigenvalue weighted by molar-refractivity contribution is -0.136. The van der Waals surface area contributed by atoms with E-state index in [1.807, 2.05) is 0 Å². The molecule has 0 aromatic heterocycles. The Bertz CT molecular complexity index is 685. The van der Waals surface area contributed by atoms with Gasteiger partial charge in [0.05, 0.1) is 13.7 Å². The van der Waals surface area contributed by atoms with Crippen molar-refractivity contribution >= 4 is 18.2 Å². The van der Waals surface area contributed by atoms with Gasteiger partial charge in [-0.1, -0.05) is 0 Å². The van der Waals surface area contributed by atoms with E-state index in [2.05, 4.69) is 4.74 Å². The Hall–Kier alpha value is -2.77. The van der Waals surface area contributed by atoms with Gasteiger partial charge in [0.2, 0.25) is 0 Å². The molecule has 23 heavy (non-hydrogen) atoms. The van der Waals surface area contributed by atoms with Crippen molar-refractivity contribution in [3.63, 3.8) is 0 Å². The van der Waals surface area contributed by atoms with E-state index < -0.39 is 24.3 Å². The van der Waals surface area contributed by atoms with Crippen molar-refractivity contribution < 1.29 is 33.3 Å². The lowest BCUT2D eigenvalue weighted by Gasteiger charge is -2.28. The van der Waals surface area contributed by atoms with Crippen LogP contribution in [0.3, 0.4) is 0 Å². The van der Waals surface area contributed by atoms with Crippen LogP contribution >= 0.6 is 0 Å². The normalized spacial score (nSPS) is 18.9. The maximum atomic E-state index is 11.9. The number of amides is 1. The zero-order chi connectivity index (χ0) is 16.6. The number of benzene rings is 1. The molecular formula is C15H15NO7. The first-order valence-corrected chi connectivity index (χ1v) is 7.12. The van der Waals surface area contributed by atoms with Crippen molar-refractivity contribution in [1.82, 2.24) is 4.90 Å². The molecule has 1 saturated heterocycles. The lowest BCUT2D eigenvalue weighted by Crippen LogP contribution is -2.35. The maximum absolute atomic E-state index is 11.9. The standard InChI is InChI=1S/C15H15NO7/c1-3-21-15(19)22-11-6-8-4-5-16-12(13(17)23-14(16)18)9(8)7-10(11)20-2/h6-7,12H,3-5H2,1-2H3. The summed E-state index contributed by atoms with van der Waals surface area (Å²) < 4.78 is 19.7. The zero-order valence-electron chi connectivity index (χ0n) is 12.7. The van der Waals surface area contributed by atoms with Gasteiger partial charge < -0.3 is 18.9 Å². The van der Waals surface area contributed by atoms with Gasteiger partial charge in [0, 0.05) is 6.54 Å². The number of esters is 1. The van der Waals surface area contributed by atoms with Crippen LogP contribution < -0.4 is 9.47 Å². The number of nitrogens with zero attached hydrogens (tertiary/aromatic N) is 1. The highest BCUT2D eigenvalue weighted by molar-refractivity contribution is 5.97. The molecule has 3 rings (SSSR count). The van der Waals surface area contributed by atoms with Crippen LogP contribution in [0.1, 0.15) is 24.1 Å². The van der Waals surface area contributed by atoms with Crippen molar-refractivity contribution in [2.24, 2.45) is 0 Å². The maximum Gasteiger partial charge on any atom is 0.513 e. The Labute approximate surface area is 131 Å². The summed E-state index contributed by atoms with van der Waals surface area (Å²) >= 11 is 0. The van der Waals surface area contributed by atoms with Crippen molar-refractivity contribution in [2.45, 2.75) is 19.4 Å². The van der Waals surface area contributed by atoms with Crippen molar-refractivity contribution in [1.29, 1.82) is 0 Å². The van der Waals surface area contributed by atoms with E-state index in [9.17, 15) is 14.4 Å². The molecule has 1 aromatic rings. The Morgan fingerprint density at radius 3 is 2.83 bits per heavy atom. The molecule has 0 aliphatic carbocycles. The quantitative estimate of drug-likeness (QED) is 0.476. The summed E-state index contributed by atoms with van der Waals surface area (Å²) in [4.78, 5) is 36.4. The Balaban J connectivity index is 1.98. The van der Waals surface area contributed by atoms with Crippen molar-refractivity contribution in [3.8, 4) is 11.5 Å². The molecule has 1 unspecified atom stereocenters. The van der Waals surface area contributed by atoms with Crippen LogP contribution in [0.25, 0.3) is 0 Å². The molecule has 0 radical (unpaired) electrons. The van der Waals surface area contributed by atoms with Crippen LogP contribution in [0.2, 0.25) is 0 Å². The molecular weight excluding hydrogens is 306 g/mol. The second kappa shape index (κ2) is 5.79. The number of rotatable bonds is 3. The predicted molar refractivity (Wildman–Crippen MR) is 75.3 cm³/mol. The van der Waals surface area contributed by atoms with Gasteiger partial charge in [-0.15, -0.1) is 0 Å². The first-order valence-electron chi connectivity index (χ1n) is 7.12. The van der Waals surface area contributed by atoms with Crippen LogP contribution in [-0.4, -0.2) is 43.4 Å². The average molecular weight is 321 g/mol. The van der Waals surface area contributed by atoms with Crippen LogP contribution in [-0.2, 0) is 20.7 Å². The first-order chi connectivity index (χ1) is 11.0. The number of ether oxygens (including phenoxy) is 4. The van der Waals surface area contributed by atoms with E-state index in [-0.39, 0.29) is 18.1 Å². The molecule has 1 aromatic carbocycles. The van der Waals surface area contributed by atoms with Crippen LogP contribution in [0.5, 0.6) is 11.5 Å². The van der Waals surface area contributed by atoms with Gasteiger partial charge in [-0.2, -0.15) is 0 Å². The number of fused-ring (bicyclic) bond motifs is 3. The van der Waals surface area contributed by atoms with Crippen molar-refractivity contribution in [2.75, 3.05) is 20.3 Å². The van der Waals surface area contributed by atoms with E-state index in [0.29, 0.717) is 18.5 Å². The molecule has 8 heteroatoms. The van der Waals surface area contributed by atoms with Crippen LogP contribution in [0.15, 0.2) is 12.1 Å². The van der Waals surface area contributed by atoms with E-state index >= 15 is 0 Å². The topological polar surface area (TPSA) is 91.4 Å². The van der Waals surface area contributed by atoms with Crippen molar-refractivity contribution in [3.05, 3.63) is 23.3 Å². The van der Waals surface area contributed by atoms with E-state index in [1.165, 1.54) is 12.0 Å². The molecule has 122 valence electrons. The number of carbonyl (C=O) groups is 3. The third-order valence-electron chi connectivity index (χ3n) is 3.75. The molecule has 2 aliphatic rings. The van der Waals surface area contributed by atoms with Gasteiger partial charge in [-0.05, 0) is 36.6 Å². The minimum atomic E-state index is -0.835. The van der Waals surface area contributed by atoms with Gasteiger partial charge in [0.1, 0.15) is 0 Å². The molecule has 0 bridgehead atoms. The summed E-state index contributed by atoms with van der Waals surface area (Å²) in [5, 5.41) is 0. The number of hydrogen-bond donors (Lipinski definition) is 0. The third kappa shape index (κ3) is 2.56. The predicted octanol–water partition coefficient (Wildman–Crippen LogP) is 1.81. The molecule has 0 N–H and O–H groups in total. The Morgan fingerprint density at radius 2 is 2.13 bits per heavy atom. The summed E-state index contributed by atoms with van der Waals surface area (Å²) in [5.74, 6) is -0.140. The van der Waals surface area contributed by atoms with Crippen LogP contribution in [0.4, 0.5) is 9.59 Å². The second-order valence-corrected chi connectivity index (χ2v) is 5.02. The lowest BCUT2D eigenvalue weighted by atomic mass is 9.93. The summed E-state index contributed by atoms with van der Waals surface area (Å²) in [7, 11) is 1.42. The Morgan fingerprint density at radius 1 is 1.35 bits per heavy atom. The number of methoxy groups -OCH3 is 1. The fourth-order valence-corrected chi connectivity index (χ4v) is 2.75. The van der Waals surface area contributed by atoms with Crippen LogP contribution in [0, 0.1) is 0 Å². The fraction of sp³-hybridized carbons (Fsp3) is 0.400. The van der Waals surface area contributed by atoms with E-state index in [1.54, 1.807) is 19.1 Å². The average Bonchev–Trinajstić information content (AvgIpc) is 2.81. The summed E-state index contributed by atoms with van der Waals surface area (Å²) in [5.41, 5.74) is 1.40. The molecule has 0 spiro atoms. The van der Waals surface area contributed by atoms with E-state index in [4.69, 9.17) is 14.2 Å². The largest absolute Gasteiger partial charge is 0.513 e. The molecule has 1 amide bonds. The molecule has 2 heterocycles. The van der Waals surface area contributed by atoms with Gasteiger partial charge in [0.25, 0.3) is 0 Å². The molecule has 0 saturated carbocycles. The highest BCUT2D eigenvalue weighted by Crippen LogP contribution is 2.41. The van der Waals surface area contributed by atoms with Gasteiger partial charge >= 0.3 is 18.2 Å². The number of hydrogen-bond acceptors (Lipinski definition) is 7. The summed E-state index contributed by atoms with van der Waals surface area (Å²) in [6.07, 6.45) is -0.965. The SMILES string of the molecule is CCOC(=O)Oc1cc2c(cc1OC)C1C(=O)OC(=O)N1CC2. The van der Waals surface area contributed by atoms with Gasteiger partial charge in [0.15, 0.2) is 17.5 Å². The number of carbonyl (C=O) groups excluding carboxylic acids is 3. The summed E-state index contributed by atoms with van der Waals surface area (Å²) in [6, 6.07) is 2.43. The van der Waals surface area contributed by atoms with Gasteiger partial charge in [-0.25, -0.2) is 14.4 Å². The molecule has 1 atom stereocenters. The minimum Gasteiger partial charge on any atom is -0.493 e. The third-order valence-corrected chi connectivity index (χ3v) is 3.75. The van der Waals surface area contributed by atoms with E-state index in [0.717, 1.165) is 5.56 Å². The van der Waals surface area contributed by atoms with Gasteiger partial charge in [-0.3, -0.25) is 4.90 Å². The minimum absolute atomic E-state index is 0.192. The smallest absolute Gasteiger partial charge is 0.493 e. The monoisotopic (exact) mass is 321 g/mol. The molecule has 2 aliphatic heterocycles. The molecule has 8 nitrogen and oxygen atoms in total. The summed E-state index contributed by atoms with van der Waals surface area (Å²) in [6.45, 7) is 2.22. The first kappa shape index (κ1) is 15.1. The number of cyclic esters (lactones) is 2.